The van der Waals surface area contributed by atoms with Gasteiger partial charge in [-0.2, -0.15) is 0 Å². The smallest absolute Gasteiger partial charge is 0.308 e. The summed E-state index contributed by atoms with van der Waals surface area (Å²) < 4.78 is 0. The summed E-state index contributed by atoms with van der Waals surface area (Å²) in [4.78, 5) is 15.4. The summed E-state index contributed by atoms with van der Waals surface area (Å²) in [5.41, 5.74) is 0.911. The molecule has 82 valence electrons. The van der Waals surface area contributed by atoms with Crippen LogP contribution in [0.25, 0.3) is 10.6 Å². The zero-order chi connectivity index (χ0) is 11.5. The van der Waals surface area contributed by atoms with Gasteiger partial charge in [-0.15, -0.1) is 11.3 Å². The monoisotopic (exact) mass is 253 g/mol. The quantitative estimate of drug-likeness (QED) is 0.915. The van der Waals surface area contributed by atoms with E-state index < -0.39 is 5.97 Å². The predicted octanol–water partition coefficient (Wildman–Crippen LogP) is 3.09. The van der Waals surface area contributed by atoms with Gasteiger partial charge in [0.25, 0.3) is 0 Å². The van der Waals surface area contributed by atoms with Crippen molar-refractivity contribution in [3.8, 4) is 10.6 Å². The maximum Gasteiger partial charge on any atom is 0.308 e. The predicted molar refractivity (Wildman–Crippen MR) is 63.9 cm³/mol. The summed E-state index contributed by atoms with van der Waals surface area (Å²) >= 11 is 7.24. The normalized spacial score (nSPS) is 10.3. The molecule has 0 radical (unpaired) electrons. The molecule has 1 aromatic carbocycles. The van der Waals surface area contributed by atoms with Gasteiger partial charge in [-0.25, -0.2) is 4.98 Å². The Balaban J connectivity index is 2.28. The molecule has 3 nitrogen and oxygen atoms in total. The lowest BCUT2D eigenvalue weighted by molar-refractivity contribution is -0.136. The van der Waals surface area contributed by atoms with Crippen molar-refractivity contribution >= 4 is 28.9 Å². The third-order valence-corrected chi connectivity index (χ3v) is 3.23. The van der Waals surface area contributed by atoms with E-state index in [0.717, 1.165) is 15.4 Å². The van der Waals surface area contributed by atoms with E-state index in [1.165, 1.54) is 11.3 Å². The number of aliphatic carboxylic acids is 1. The summed E-state index contributed by atoms with van der Waals surface area (Å²) in [5.74, 6) is -0.846. The van der Waals surface area contributed by atoms with E-state index in [-0.39, 0.29) is 6.42 Å². The van der Waals surface area contributed by atoms with Crippen molar-refractivity contribution in [2.45, 2.75) is 6.42 Å². The molecule has 0 bridgehead atoms. The lowest BCUT2D eigenvalue weighted by atomic mass is 10.2. The molecule has 0 aliphatic heterocycles. The molecular formula is C11H8ClNO2S. The highest BCUT2D eigenvalue weighted by Crippen LogP contribution is 2.27. The fourth-order valence-corrected chi connectivity index (χ4v) is 2.38. The molecule has 1 heterocycles. The number of rotatable bonds is 3. The molecule has 0 spiro atoms. The molecular weight excluding hydrogens is 246 g/mol. The minimum atomic E-state index is -0.846. The van der Waals surface area contributed by atoms with Crippen molar-refractivity contribution in [1.82, 2.24) is 4.98 Å². The van der Waals surface area contributed by atoms with Crippen LogP contribution in [0.4, 0.5) is 0 Å². The highest BCUT2D eigenvalue weighted by Gasteiger charge is 2.07. The average molecular weight is 254 g/mol. The maximum atomic E-state index is 10.5. The lowest BCUT2D eigenvalue weighted by Gasteiger charge is -1.95. The van der Waals surface area contributed by atoms with Gasteiger partial charge in [0.05, 0.1) is 6.42 Å². The number of carboxylic acid groups (broad SMARTS) is 1. The van der Waals surface area contributed by atoms with E-state index in [4.69, 9.17) is 16.7 Å². The zero-order valence-corrected chi connectivity index (χ0v) is 9.76. The minimum absolute atomic E-state index is 0.0121. The van der Waals surface area contributed by atoms with E-state index in [0.29, 0.717) is 5.02 Å². The molecule has 2 rings (SSSR count). The number of carbonyl (C=O) groups is 1. The molecule has 0 fully saturated rings. The number of halogens is 1. The fraction of sp³-hybridized carbons (Fsp3) is 0.0909. The van der Waals surface area contributed by atoms with Gasteiger partial charge < -0.3 is 5.11 Å². The SMILES string of the molecule is O=C(O)Cc1cnc(-c2cccc(Cl)c2)s1. The van der Waals surface area contributed by atoms with Gasteiger partial charge >= 0.3 is 5.97 Å². The Morgan fingerprint density at radius 1 is 1.50 bits per heavy atom. The summed E-state index contributed by atoms with van der Waals surface area (Å²) in [6.07, 6.45) is 1.60. The summed E-state index contributed by atoms with van der Waals surface area (Å²) in [6, 6.07) is 7.34. The standard InChI is InChI=1S/C11H8ClNO2S/c12-8-3-1-2-7(4-8)11-13-6-9(16-11)5-10(14)15/h1-4,6H,5H2,(H,14,15). The van der Waals surface area contributed by atoms with E-state index >= 15 is 0 Å². The van der Waals surface area contributed by atoms with Crippen molar-refractivity contribution in [3.05, 3.63) is 40.4 Å². The second-order valence-electron chi connectivity index (χ2n) is 3.21. The molecule has 0 aliphatic carbocycles. The number of hydrogen-bond donors (Lipinski definition) is 1. The topological polar surface area (TPSA) is 50.2 Å². The van der Waals surface area contributed by atoms with Crippen molar-refractivity contribution < 1.29 is 9.90 Å². The Morgan fingerprint density at radius 2 is 2.31 bits per heavy atom. The van der Waals surface area contributed by atoms with Crippen LogP contribution in [-0.2, 0) is 11.2 Å². The van der Waals surface area contributed by atoms with E-state index in [2.05, 4.69) is 4.98 Å². The fourth-order valence-electron chi connectivity index (χ4n) is 1.29. The first kappa shape index (κ1) is 11.1. The van der Waals surface area contributed by atoms with Crippen LogP contribution < -0.4 is 0 Å². The van der Waals surface area contributed by atoms with Gasteiger partial charge in [-0.05, 0) is 12.1 Å². The zero-order valence-electron chi connectivity index (χ0n) is 8.18. The second kappa shape index (κ2) is 4.63. The van der Waals surface area contributed by atoms with Crippen LogP contribution in [0.5, 0.6) is 0 Å². The number of carboxylic acids is 1. The molecule has 0 unspecified atom stereocenters. The lowest BCUT2D eigenvalue weighted by Crippen LogP contribution is -1.97. The molecule has 1 aromatic heterocycles. The van der Waals surface area contributed by atoms with Crippen LogP contribution in [0.15, 0.2) is 30.5 Å². The molecule has 0 saturated heterocycles. The Bertz CT molecular complexity index is 524. The maximum absolute atomic E-state index is 10.5. The minimum Gasteiger partial charge on any atom is -0.481 e. The van der Waals surface area contributed by atoms with Crippen LogP contribution in [-0.4, -0.2) is 16.1 Å². The number of aromatic nitrogens is 1. The van der Waals surface area contributed by atoms with Gasteiger partial charge in [-0.1, -0.05) is 23.7 Å². The second-order valence-corrected chi connectivity index (χ2v) is 4.76. The summed E-state index contributed by atoms with van der Waals surface area (Å²) in [6.45, 7) is 0. The van der Waals surface area contributed by atoms with Gasteiger partial charge in [0.15, 0.2) is 0 Å². The highest BCUT2D eigenvalue weighted by atomic mass is 35.5. The van der Waals surface area contributed by atoms with Crippen LogP contribution in [0.3, 0.4) is 0 Å². The average Bonchev–Trinajstić information content (AvgIpc) is 2.65. The first-order chi connectivity index (χ1) is 7.65. The van der Waals surface area contributed by atoms with Crippen LogP contribution in [0.1, 0.15) is 4.88 Å². The van der Waals surface area contributed by atoms with E-state index in [1.807, 2.05) is 18.2 Å². The molecule has 0 saturated carbocycles. The first-order valence-electron chi connectivity index (χ1n) is 4.57. The number of benzene rings is 1. The van der Waals surface area contributed by atoms with E-state index in [9.17, 15) is 4.79 Å². The van der Waals surface area contributed by atoms with Crippen molar-refractivity contribution in [1.29, 1.82) is 0 Å². The Morgan fingerprint density at radius 3 is 3.00 bits per heavy atom. The Kier molecular flexibility index (Phi) is 3.22. The van der Waals surface area contributed by atoms with Crippen molar-refractivity contribution in [2.24, 2.45) is 0 Å². The van der Waals surface area contributed by atoms with Gasteiger partial charge in [0.2, 0.25) is 0 Å². The van der Waals surface area contributed by atoms with Gasteiger partial charge in [0.1, 0.15) is 5.01 Å². The molecule has 0 atom stereocenters. The summed E-state index contributed by atoms with van der Waals surface area (Å²) in [5, 5.41) is 10.1. The third-order valence-electron chi connectivity index (χ3n) is 1.95. The van der Waals surface area contributed by atoms with E-state index in [1.54, 1.807) is 12.3 Å². The number of thiazole rings is 1. The summed E-state index contributed by atoms with van der Waals surface area (Å²) in [7, 11) is 0. The first-order valence-corrected chi connectivity index (χ1v) is 5.77. The largest absolute Gasteiger partial charge is 0.481 e. The molecule has 5 heteroatoms. The van der Waals surface area contributed by atoms with Crippen LogP contribution >= 0.6 is 22.9 Å². The Labute approximate surface area is 101 Å². The number of nitrogens with zero attached hydrogens (tertiary/aromatic N) is 1. The molecule has 0 aliphatic rings. The highest BCUT2D eigenvalue weighted by molar-refractivity contribution is 7.15. The van der Waals surface area contributed by atoms with Crippen molar-refractivity contribution in [3.63, 3.8) is 0 Å². The molecule has 0 amide bonds. The van der Waals surface area contributed by atoms with Crippen molar-refractivity contribution in [2.75, 3.05) is 0 Å². The van der Waals surface area contributed by atoms with Gasteiger partial charge in [0, 0.05) is 21.7 Å². The molecule has 2 aromatic rings. The third kappa shape index (κ3) is 2.59. The molecule has 16 heavy (non-hydrogen) atoms. The van der Waals surface area contributed by atoms with Crippen LogP contribution in [0, 0.1) is 0 Å². The molecule has 1 N–H and O–H groups in total. The van der Waals surface area contributed by atoms with Gasteiger partial charge in [-0.3, -0.25) is 4.79 Å². The Hall–Kier alpha value is -1.39. The van der Waals surface area contributed by atoms with Crippen LogP contribution in [0.2, 0.25) is 5.02 Å². The number of hydrogen-bond acceptors (Lipinski definition) is 3.